The van der Waals surface area contributed by atoms with Crippen molar-refractivity contribution in [3.05, 3.63) is 0 Å². The summed E-state index contributed by atoms with van der Waals surface area (Å²) in [7, 11) is 1.27. The summed E-state index contributed by atoms with van der Waals surface area (Å²) in [6, 6.07) is 0. The highest BCUT2D eigenvalue weighted by atomic mass is 31.2. The van der Waals surface area contributed by atoms with Gasteiger partial charge in [0.25, 0.3) is 0 Å². The first kappa shape index (κ1) is 32.5. The topological polar surface area (TPSA) is 95.9 Å². The van der Waals surface area contributed by atoms with Gasteiger partial charge in [-0.25, -0.2) is 4.57 Å². The van der Waals surface area contributed by atoms with Gasteiger partial charge in [-0.05, 0) is 12.8 Å². The molecule has 0 bridgehead atoms. The predicted molar refractivity (Wildman–Crippen MR) is 137 cm³/mol. The second kappa shape index (κ2) is 19.8. The van der Waals surface area contributed by atoms with Crippen LogP contribution in [0.1, 0.15) is 116 Å². The van der Waals surface area contributed by atoms with E-state index in [-0.39, 0.29) is 5.91 Å². The minimum absolute atomic E-state index is 0.00451. The minimum Gasteiger partial charge on any atom is -0.356 e. The normalized spacial score (nSPS) is 13.3. The zero-order chi connectivity index (χ0) is 25.0. The van der Waals surface area contributed by atoms with Crippen molar-refractivity contribution in [1.29, 1.82) is 0 Å². The maximum Gasteiger partial charge on any atom is 0.470 e. The van der Waals surface area contributed by atoms with E-state index in [1.807, 2.05) is 21.1 Å². The van der Waals surface area contributed by atoms with E-state index in [0.717, 1.165) is 12.8 Å². The summed E-state index contributed by atoms with van der Waals surface area (Å²) in [5.41, 5.74) is 0. The molecule has 1 amide bonds. The van der Waals surface area contributed by atoms with Crippen molar-refractivity contribution in [2.45, 2.75) is 122 Å². The van der Waals surface area contributed by atoms with Gasteiger partial charge in [-0.15, -0.1) is 0 Å². The van der Waals surface area contributed by atoms with Crippen molar-refractivity contribution in [2.75, 3.05) is 34.2 Å². The zero-order valence-electron chi connectivity index (χ0n) is 22.0. The molecule has 0 aromatic rings. The van der Waals surface area contributed by atoms with E-state index in [9.17, 15) is 9.36 Å². The lowest BCUT2D eigenvalue weighted by atomic mass is 10.0. The summed E-state index contributed by atoms with van der Waals surface area (Å²) >= 11 is 0. The first-order valence-electron chi connectivity index (χ1n) is 13.3. The fourth-order valence-electron chi connectivity index (χ4n) is 4.10. The number of phosphoric ester groups is 1. The molecular formula is C25H54N2O5P+. The van der Waals surface area contributed by atoms with E-state index in [2.05, 4.69) is 12.2 Å². The van der Waals surface area contributed by atoms with Gasteiger partial charge >= 0.3 is 7.82 Å². The molecule has 0 radical (unpaired) electrons. The monoisotopic (exact) mass is 493 g/mol. The van der Waals surface area contributed by atoms with Crippen LogP contribution in [0.2, 0.25) is 0 Å². The summed E-state index contributed by atoms with van der Waals surface area (Å²) in [6.45, 7) is 3.09. The number of carbonyl (C=O) groups is 1. The maximum absolute atomic E-state index is 12.0. The van der Waals surface area contributed by atoms with Crippen LogP contribution in [0.3, 0.4) is 0 Å². The summed E-state index contributed by atoms with van der Waals surface area (Å²) in [4.78, 5) is 30.2. The number of hydrogen-bond donors (Lipinski definition) is 3. The second-order valence-electron chi connectivity index (χ2n) is 10.5. The molecule has 0 saturated heterocycles. The molecule has 33 heavy (non-hydrogen) atoms. The highest BCUT2D eigenvalue weighted by Crippen LogP contribution is 2.38. The molecule has 1 unspecified atom stereocenters. The molecule has 0 aliphatic rings. The Labute approximate surface area is 203 Å². The molecule has 1 atom stereocenters. The average molecular weight is 494 g/mol. The number of unbranched alkanes of at least 4 members (excludes halogenated alkanes) is 14. The van der Waals surface area contributed by atoms with Crippen LogP contribution in [0.5, 0.6) is 0 Å². The van der Waals surface area contributed by atoms with E-state index in [1.165, 1.54) is 83.5 Å². The van der Waals surface area contributed by atoms with Gasteiger partial charge < -0.3 is 19.6 Å². The van der Waals surface area contributed by atoms with Crippen LogP contribution in [0, 0.1) is 0 Å². The number of nitrogens with zero attached hydrogens (tertiary/aromatic N) is 1. The number of quaternary nitrogens is 1. The standard InChI is InChI=1S/C25H53N2O5P/c1-5-6-7-8-9-10-11-12-13-14-15-16-17-18-19-20-25(28)26-22-21-24(23-27(2,3)4)32-33(29,30)31/h24H,5-23H2,1-4H3,(H2-,26,28,29,30,31)/p+1. The van der Waals surface area contributed by atoms with E-state index >= 15 is 0 Å². The van der Waals surface area contributed by atoms with Gasteiger partial charge in [-0.1, -0.05) is 96.8 Å². The van der Waals surface area contributed by atoms with Gasteiger partial charge in [0.1, 0.15) is 12.6 Å². The van der Waals surface area contributed by atoms with Gasteiger partial charge in [0.15, 0.2) is 0 Å². The Morgan fingerprint density at radius 2 is 1.24 bits per heavy atom. The molecule has 0 spiro atoms. The van der Waals surface area contributed by atoms with Crippen molar-refractivity contribution in [2.24, 2.45) is 0 Å². The second-order valence-corrected chi connectivity index (χ2v) is 11.7. The van der Waals surface area contributed by atoms with Crippen LogP contribution in [0.4, 0.5) is 0 Å². The van der Waals surface area contributed by atoms with Gasteiger partial charge in [0.05, 0.1) is 21.1 Å². The predicted octanol–water partition coefficient (Wildman–Crippen LogP) is 5.94. The number of hydrogen-bond acceptors (Lipinski definition) is 3. The molecule has 7 nitrogen and oxygen atoms in total. The first-order chi connectivity index (χ1) is 15.5. The van der Waals surface area contributed by atoms with E-state index in [0.29, 0.717) is 30.4 Å². The van der Waals surface area contributed by atoms with Crippen molar-refractivity contribution in [3.8, 4) is 0 Å². The Balaban J connectivity index is 3.60. The Bertz CT molecular complexity index is 519. The molecule has 198 valence electrons. The number of rotatable bonds is 23. The van der Waals surface area contributed by atoms with Crippen LogP contribution in [0.25, 0.3) is 0 Å². The zero-order valence-corrected chi connectivity index (χ0v) is 22.9. The number of nitrogens with one attached hydrogen (secondary N) is 1. The molecule has 0 aliphatic heterocycles. The van der Waals surface area contributed by atoms with Crippen molar-refractivity contribution in [1.82, 2.24) is 5.32 Å². The number of carbonyl (C=O) groups excluding carboxylic acids is 1. The lowest BCUT2D eigenvalue weighted by Crippen LogP contribution is -2.43. The fraction of sp³-hybridized carbons (Fsp3) is 0.960. The van der Waals surface area contributed by atoms with Crippen LogP contribution in [-0.4, -0.2) is 60.5 Å². The van der Waals surface area contributed by atoms with Crippen LogP contribution in [0.15, 0.2) is 0 Å². The molecule has 0 rings (SSSR count). The van der Waals surface area contributed by atoms with Crippen LogP contribution < -0.4 is 5.32 Å². The highest BCUT2D eigenvalue weighted by Gasteiger charge is 2.26. The quantitative estimate of drug-likeness (QED) is 0.0930. The SMILES string of the molecule is CCCCCCCCCCCCCCCCCC(=O)NCCC(C[N+](C)(C)C)OP(=O)(O)O. The van der Waals surface area contributed by atoms with Crippen molar-refractivity contribution < 1.29 is 28.2 Å². The molecule has 0 aromatic carbocycles. The molecule has 8 heteroatoms. The fourth-order valence-corrected chi connectivity index (χ4v) is 4.66. The molecule has 0 saturated carbocycles. The Kier molecular flexibility index (Phi) is 19.5. The third-order valence-electron chi connectivity index (χ3n) is 5.83. The van der Waals surface area contributed by atoms with Crippen LogP contribution in [-0.2, 0) is 13.9 Å². The summed E-state index contributed by atoms with van der Waals surface area (Å²) in [6.07, 6.45) is 19.8. The highest BCUT2D eigenvalue weighted by molar-refractivity contribution is 7.46. The van der Waals surface area contributed by atoms with E-state index in [4.69, 9.17) is 14.3 Å². The smallest absolute Gasteiger partial charge is 0.356 e. The molecule has 0 heterocycles. The van der Waals surface area contributed by atoms with Crippen molar-refractivity contribution in [3.63, 3.8) is 0 Å². The third kappa shape index (κ3) is 26.0. The first-order valence-corrected chi connectivity index (χ1v) is 14.9. The Hall–Kier alpha value is -0.460. The summed E-state index contributed by atoms with van der Waals surface area (Å²) in [5.74, 6) is 0.00451. The minimum atomic E-state index is -4.54. The molecule has 0 aliphatic carbocycles. The Morgan fingerprint density at radius 3 is 1.64 bits per heavy atom. The summed E-state index contributed by atoms with van der Waals surface area (Å²) < 4.78 is 16.6. The van der Waals surface area contributed by atoms with Crippen molar-refractivity contribution >= 4 is 13.7 Å². The summed E-state index contributed by atoms with van der Waals surface area (Å²) in [5, 5.41) is 2.86. The van der Waals surface area contributed by atoms with E-state index < -0.39 is 13.9 Å². The number of amides is 1. The average Bonchev–Trinajstić information content (AvgIpc) is 2.68. The van der Waals surface area contributed by atoms with Gasteiger partial charge in [0.2, 0.25) is 5.91 Å². The maximum atomic E-state index is 12.0. The number of likely N-dealkylation sites (N-methyl/N-ethyl adjacent to an activating group) is 1. The van der Waals surface area contributed by atoms with Crippen LogP contribution >= 0.6 is 7.82 Å². The van der Waals surface area contributed by atoms with Gasteiger partial charge in [-0.3, -0.25) is 9.32 Å². The van der Waals surface area contributed by atoms with E-state index in [1.54, 1.807) is 0 Å². The number of phosphoric acid groups is 1. The Morgan fingerprint density at radius 1 is 0.818 bits per heavy atom. The van der Waals surface area contributed by atoms with Gasteiger partial charge in [-0.2, -0.15) is 0 Å². The lowest BCUT2D eigenvalue weighted by Gasteiger charge is -2.29. The molecule has 3 N–H and O–H groups in total. The molecule has 0 aromatic heterocycles. The molecule has 0 fully saturated rings. The van der Waals surface area contributed by atoms with Gasteiger partial charge in [0, 0.05) is 13.0 Å². The third-order valence-corrected chi connectivity index (χ3v) is 6.41. The lowest BCUT2D eigenvalue weighted by molar-refractivity contribution is -0.873. The largest absolute Gasteiger partial charge is 0.470 e. The molecular weight excluding hydrogens is 439 g/mol.